The summed E-state index contributed by atoms with van der Waals surface area (Å²) in [7, 11) is 0. The van der Waals surface area contributed by atoms with Crippen molar-refractivity contribution in [1.82, 2.24) is 0 Å². The van der Waals surface area contributed by atoms with E-state index in [1.165, 1.54) is 21.2 Å². The molecule has 1 aliphatic heterocycles. The van der Waals surface area contributed by atoms with Gasteiger partial charge in [0.2, 0.25) is 0 Å². The standard InChI is InChI=1S/C14H11NS/c1-2-10-7-8-14-12(9-10)15-11-5-3-4-6-13(11)16-14/h2-9,15H,1H2. The van der Waals surface area contributed by atoms with Gasteiger partial charge in [-0.25, -0.2) is 0 Å². The molecule has 1 nitrogen and oxygen atoms in total. The predicted octanol–water partition coefficient (Wildman–Crippen LogP) is 4.54. The molecular formula is C14H11NS. The molecule has 0 fully saturated rings. The molecule has 0 radical (unpaired) electrons. The molecule has 3 rings (SSSR count). The van der Waals surface area contributed by atoms with Crippen LogP contribution in [0.5, 0.6) is 0 Å². The van der Waals surface area contributed by atoms with Gasteiger partial charge < -0.3 is 5.32 Å². The maximum absolute atomic E-state index is 3.79. The third-order valence-electron chi connectivity index (χ3n) is 2.62. The molecule has 1 aliphatic rings. The molecule has 1 N–H and O–H groups in total. The summed E-state index contributed by atoms with van der Waals surface area (Å²) in [5.41, 5.74) is 3.49. The lowest BCUT2D eigenvalue weighted by atomic mass is 10.2. The Hall–Kier alpha value is -1.67. The van der Waals surface area contributed by atoms with E-state index in [1.807, 2.05) is 6.08 Å². The van der Waals surface area contributed by atoms with E-state index in [4.69, 9.17) is 0 Å². The normalized spacial score (nSPS) is 12.2. The predicted molar refractivity (Wildman–Crippen MR) is 70.4 cm³/mol. The number of nitrogens with one attached hydrogen (secondary N) is 1. The Balaban J connectivity index is 2.08. The highest BCUT2D eigenvalue weighted by molar-refractivity contribution is 7.99. The van der Waals surface area contributed by atoms with E-state index in [1.54, 1.807) is 11.8 Å². The van der Waals surface area contributed by atoms with E-state index in [9.17, 15) is 0 Å². The van der Waals surface area contributed by atoms with Crippen LogP contribution in [-0.2, 0) is 0 Å². The number of benzene rings is 2. The summed E-state index contributed by atoms with van der Waals surface area (Å²) < 4.78 is 0. The second kappa shape index (κ2) is 3.72. The first-order chi connectivity index (χ1) is 7.86. The third kappa shape index (κ3) is 1.51. The van der Waals surface area contributed by atoms with Crippen molar-refractivity contribution in [3.05, 3.63) is 54.6 Å². The average Bonchev–Trinajstić information content (AvgIpc) is 2.35. The highest BCUT2D eigenvalue weighted by Gasteiger charge is 2.14. The summed E-state index contributed by atoms with van der Waals surface area (Å²) >= 11 is 1.80. The number of fused-ring (bicyclic) bond motifs is 2. The fraction of sp³-hybridized carbons (Fsp3) is 0. The lowest BCUT2D eigenvalue weighted by Gasteiger charge is -2.20. The lowest BCUT2D eigenvalue weighted by Crippen LogP contribution is -1.99. The van der Waals surface area contributed by atoms with Gasteiger partial charge in [-0.1, -0.05) is 42.6 Å². The van der Waals surface area contributed by atoms with Crippen LogP contribution < -0.4 is 5.32 Å². The Kier molecular flexibility index (Phi) is 2.22. The fourth-order valence-corrected chi connectivity index (χ4v) is 2.75. The SMILES string of the molecule is C=Cc1ccc2c(c1)Nc1ccccc1S2. The Morgan fingerprint density at radius 1 is 1.00 bits per heavy atom. The maximum atomic E-state index is 3.79. The summed E-state index contributed by atoms with van der Waals surface area (Å²) in [5.74, 6) is 0. The van der Waals surface area contributed by atoms with Gasteiger partial charge in [0.25, 0.3) is 0 Å². The molecular weight excluding hydrogens is 214 g/mol. The molecule has 0 unspecified atom stereocenters. The van der Waals surface area contributed by atoms with Crippen LogP contribution in [0.1, 0.15) is 5.56 Å². The Labute approximate surface area is 99.2 Å². The number of hydrogen-bond acceptors (Lipinski definition) is 2. The minimum absolute atomic E-state index is 1.14. The van der Waals surface area contributed by atoms with Crippen molar-refractivity contribution in [2.75, 3.05) is 5.32 Å². The molecule has 78 valence electrons. The zero-order valence-electron chi connectivity index (χ0n) is 8.73. The van der Waals surface area contributed by atoms with Crippen molar-refractivity contribution in [2.24, 2.45) is 0 Å². The van der Waals surface area contributed by atoms with Gasteiger partial charge >= 0.3 is 0 Å². The third-order valence-corrected chi connectivity index (χ3v) is 3.77. The first-order valence-electron chi connectivity index (χ1n) is 5.17. The van der Waals surface area contributed by atoms with Gasteiger partial charge in [-0.05, 0) is 29.8 Å². The van der Waals surface area contributed by atoms with Crippen LogP contribution >= 0.6 is 11.8 Å². The largest absolute Gasteiger partial charge is 0.354 e. The average molecular weight is 225 g/mol. The van der Waals surface area contributed by atoms with E-state index in [0.717, 1.165) is 5.56 Å². The van der Waals surface area contributed by atoms with Gasteiger partial charge in [-0.2, -0.15) is 0 Å². The summed E-state index contributed by atoms with van der Waals surface area (Å²) in [6.07, 6.45) is 1.87. The van der Waals surface area contributed by atoms with Crippen LogP contribution in [0.2, 0.25) is 0 Å². The molecule has 0 saturated carbocycles. The van der Waals surface area contributed by atoms with Crippen LogP contribution in [0.25, 0.3) is 6.08 Å². The Morgan fingerprint density at radius 3 is 2.69 bits per heavy atom. The van der Waals surface area contributed by atoms with Crippen molar-refractivity contribution in [3.8, 4) is 0 Å². The number of rotatable bonds is 1. The molecule has 0 aliphatic carbocycles. The molecule has 0 aromatic heterocycles. The van der Waals surface area contributed by atoms with Crippen LogP contribution in [0, 0.1) is 0 Å². The number of hydrogen-bond donors (Lipinski definition) is 1. The molecule has 0 bridgehead atoms. The number of anilines is 2. The molecule has 2 aromatic rings. The van der Waals surface area contributed by atoms with E-state index in [-0.39, 0.29) is 0 Å². The van der Waals surface area contributed by atoms with Crippen molar-refractivity contribution in [3.63, 3.8) is 0 Å². The van der Waals surface area contributed by atoms with E-state index in [2.05, 4.69) is 54.4 Å². The lowest BCUT2D eigenvalue weighted by molar-refractivity contribution is 1.31. The van der Waals surface area contributed by atoms with Gasteiger partial charge in [0.15, 0.2) is 0 Å². The Morgan fingerprint density at radius 2 is 1.81 bits per heavy atom. The van der Waals surface area contributed by atoms with Gasteiger partial charge in [-0.3, -0.25) is 0 Å². The monoisotopic (exact) mass is 225 g/mol. The number of para-hydroxylation sites is 1. The van der Waals surface area contributed by atoms with E-state index < -0.39 is 0 Å². The van der Waals surface area contributed by atoms with Crippen molar-refractivity contribution >= 4 is 29.2 Å². The second-order valence-electron chi connectivity index (χ2n) is 3.68. The van der Waals surface area contributed by atoms with Crippen molar-refractivity contribution < 1.29 is 0 Å². The van der Waals surface area contributed by atoms with Gasteiger partial charge in [0.05, 0.1) is 11.4 Å². The molecule has 0 spiro atoms. The van der Waals surface area contributed by atoms with Crippen LogP contribution in [0.3, 0.4) is 0 Å². The molecule has 0 atom stereocenters. The molecule has 0 amide bonds. The smallest absolute Gasteiger partial charge is 0.0532 e. The van der Waals surface area contributed by atoms with Crippen molar-refractivity contribution in [1.29, 1.82) is 0 Å². The van der Waals surface area contributed by atoms with E-state index >= 15 is 0 Å². The van der Waals surface area contributed by atoms with Crippen molar-refractivity contribution in [2.45, 2.75) is 9.79 Å². The molecule has 16 heavy (non-hydrogen) atoms. The minimum Gasteiger partial charge on any atom is -0.354 e. The summed E-state index contributed by atoms with van der Waals surface area (Å²) in [6, 6.07) is 14.7. The molecule has 0 saturated heterocycles. The highest BCUT2D eigenvalue weighted by Crippen LogP contribution is 2.44. The first kappa shape index (κ1) is 9.55. The highest BCUT2D eigenvalue weighted by atomic mass is 32.2. The zero-order valence-corrected chi connectivity index (χ0v) is 9.55. The van der Waals surface area contributed by atoms with Crippen LogP contribution in [-0.4, -0.2) is 0 Å². The van der Waals surface area contributed by atoms with E-state index in [0.29, 0.717) is 0 Å². The quantitative estimate of drug-likeness (QED) is 0.652. The summed E-state index contributed by atoms with van der Waals surface area (Å²) in [4.78, 5) is 2.55. The fourth-order valence-electron chi connectivity index (χ4n) is 1.78. The molecule has 2 heteroatoms. The topological polar surface area (TPSA) is 12.0 Å². The molecule has 2 aromatic carbocycles. The summed E-state index contributed by atoms with van der Waals surface area (Å²) in [5, 5.41) is 3.45. The Bertz CT molecular complexity index is 560. The van der Waals surface area contributed by atoms with Crippen LogP contribution in [0.4, 0.5) is 11.4 Å². The van der Waals surface area contributed by atoms with Gasteiger partial charge in [0.1, 0.15) is 0 Å². The van der Waals surface area contributed by atoms with Gasteiger partial charge in [0, 0.05) is 9.79 Å². The molecule has 1 heterocycles. The minimum atomic E-state index is 1.14. The zero-order chi connectivity index (χ0) is 11.0. The summed E-state index contributed by atoms with van der Waals surface area (Å²) in [6.45, 7) is 3.79. The van der Waals surface area contributed by atoms with Gasteiger partial charge in [-0.15, -0.1) is 0 Å². The second-order valence-corrected chi connectivity index (χ2v) is 4.77. The maximum Gasteiger partial charge on any atom is 0.0532 e. The first-order valence-corrected chi connectivity index (χ1v) is 5.99. The van der Waals surface area contributed by atoms with Crippen LogP contribution in [0.15, 0.2) is 58.8 Å².